The van der Waals surface area contributed by atoms with Gasteiger partial charge in [0, 0.05) is 19.4 Å². The van der Waals surface area contributed by atoms with Gasteiger partial charge in [-0.15, -0.1) is 0 Å². The van der Waals surface area contributed by atoms with Crippen LogP contribution in [-0.4, -0.2) is 37.9 Å². The van der Waals surface area contributed by atoms with Crippen LogP contribution in [0.2, 0.25) is 0 Å². The summed E-state index contributed by atoms with van der Waals surface area (Å²) in [6, 6.07) is 0. The Morgan fingerprint density at radius 3 is 0.971 bits per heavy atom. The number of unbranched alkanes of at least 4 members (excludes halogenated alkanes) is 45. The van der Waals surface area contributed by atoms with E-state index in [4.69, 9.17) is 14.2 Å². The van der Waals surface area contributed by atoms with Crippen LogP contribution in [0.3, 0.4) is 0 Å². The predicted molar refractivity (Wildman–Crippen MR) is 307 cm³/mol. The van der Waals surface area contributed by atoms with Crippen molar-refractivity contribution in [3.63, 3.8) is 0 Å². The highest BCUT2D eigenvalue weighted by Gasteiger charge is 2.18. The third-order valence-corrected chi connectivity index (χ3v) is 14.5. The van der Waals surface area contributed by atoms with Crippen molar-refractivity contribution in [1.29, 1.82) is 0 Å². The third kappa shape index (κ3) is 58.9. The molecule has 0 aromatic heterocycles. The Kier molecular flexibility index (Phi) is 60.3. The lowest BCUT2D eigenvalue weighted by atomic mass is 10.0. The van der Waals surface area contributed by atoms with E-state index in [1.807, 2.05) is 0 Å². The van der Waals surface area contributed by atoms with Crippen molar-refractivity contribution >= 4 is 11.9 Å². The maximum Gasteiger partial charge on any atom is 0.306 e. The first-order chi connectivity index (χ1) is 34.6. The minimum atomic E-state index is -0.536. The summed E-state index contributed by atoms with van der Waals surface area (Å²) < 4.78 is 17.5. The molecule has 0 rings (SSSR count). The van der Waals surface area contributed by atoms with Crippen LogP contribution in [-0.2, 0) is 23.8 Å². The molecule has 0 radical (unpaired) electrons. The van der Waals surface area contributed by atoms with Gasteiger partial charge >= 0.3 is 11.9 Å². The summed E-state index contributed by atoms with van der Waals surface area (Å²) in [5.74, 6) is -0.374. The first kappa shape index (κ1) is 68.4. The van der Waals surface area contributed by atoms with Crippen molar-refractivity contribution in [2.75, 3.05) is 19.8 Å². The SMILES string of the molecule is CCCCC/C=C\C/C=C\CCCCCCCCOCC(COC(=O)CCCCCCCCCCCCCCCCCCCCC)OC(=O)CCCCCCCCCCCCCCCCCCCCC. The molecule has 70 heavy (non-hydrogen) atoms. The van der Waals surface area contributed by atoms with Crippen molar-refractivity contribution in [2.45, 2.75) is 361 Å². The highest BCUT2D eigenvalue weighted by molar-refractivity contribution is 5.70. The van der Waals surface area contributed by atoms with Crippen molar-refractivity contribution in [3.8, 4) is 0 Å². The summed E-state index contributed by atoms with van der Waals surface area (Å²) in [5, 5.41) is 0. The van der Waals surface area contributed by atoms with Crippen LogP contribution in [0.15, 0.2) is 24.3 Å². The summed E-state index contributed by atoms with van der Waals surface area (Å²) >= 11 is 0. The Hall–Kier alpha value is -1.62. The molecule has 5 heteroatoms. The van der Waals surface area contributed by atoms with Gasteiger partial charge in [0.05, 0.1) is 6.61 Å². The van der Waals surface area contributed by atoms with E-state index in [0.29, 0.717) is 19.4 Å². The number of rotatable bonds is 60. The Balaban J connectivity index is 4.21. The van der Waals surface area contributed by atoms with Crippen molar-refractivity contribution in [3.05, 3.63) is 24.3 Å². The lowest BCUT2D eigenvalue weighted by molar-refractivity contribution is -0.163. The van der Waals surface area contributed by atoms with Gasteiger partial charge in [-0.25, -0.2) is 0 Å². The van der Waals surface area contributed by atoms with Gasteiger partial charge in [-0.3, -0.25) is 9.59 Å². The fourth-order valence-electron chi connectivity index (χ4n) is 9.72. The molecule has 0 aromatic carbocycles. The molecule has 0 heterocycles. The number of allylic oxidation sites excluding steroid dienone is 4. The lowest BCUT2D eigenvalue weighted by Gasteiger charge is -2.18. The van der Waals surface area contributed by atoms with E-state index in [-0.39, 0.29) is 25.2 Å². The Bertz CT molecular complexity index is 1070. The summed E-state index contributed by atoms with van der Waals surface area (Å²) in [6.45, 7) is 7.87. The number of hydrogen-bond donors (Lipinski definition) is 0. The third-order valence-electron chi connectivity index (χ3n) is 14.5. The van der Waals surface area contributed by atoms with Gasteiger partial charge in [0.25, 0.3) is 0 Å². The standard InChI is InChI=1S/C65H124O5/c1-4-7-10-13-16-19-22-25-28-31-33-35-37-40-43-46-49-52-55-58-64(66)69-62-63(61-68-60-57-54-51-48-45-42-39-30-27-24-21-18-15-12-9-6-3)70-65(67)59-56-53-50-47-44-41-38-36-34-32-29-26-23-20-17-14-11-8-5-2/h18,21,27,30,63H,4-17,19-20,22-26,28-29,31-62H2,1-3H3/b21-18-,30-27-. The van der Waals surface area contributed by atoms with Crippen molar-refractivity contribution < 1.29 is 23.8 Å². The Morgan fingerprint density at radius 2 is 0.600 bits per heavy atom. The number of ether oxygens (including phenoxy) is 3. The predicted octanol–water partition coefficient (Wildman–Crippen LogP) is 21.9. The molecule has 0 spiro atoms. The first-order valence-corrected chi connectivity index (χ1v) is 31.9. The van der Waals surface area contributed by atoms with Crippen LogP contribution in [0.1, 0.15) is 355 Å². The minimum absolute atomic E-state index is 0.0899. The molecular weight excluding hydrogens is 861 g/mol. The van der Waals surface area contributed by atoms with Gasteiger partial charge < -0.3 is 14.2 Å². The minimum Gasteiger partial charge on any atom is -0.462 e. The average molecular weight is 986 g/mol. The van der Waals surface area contributed by atoms with E-state index in [9.17, 15) is 9.59 Å². The number of carbonyl (C=O) groups is 2. The molecular formula is C65H124O5. The van der Waals surface area contributed by atoms with E-state index in [1.165, 1.54) is 276 Å². The number of hydrogen-bond acceptors (Lipinski definition) is 5. The van der Waals surface area contributed by atoms with E-state index in [1.54, 1.807) is 0 Å². The highest BCUT2D eigenvalue weighted by Crippen LogP contribution is 2.18. The smallest absolute Gasteiger partial charge is 0.306 e. The van der Waals surface area contributed by atoms with Crippen LogP contribution in [0.25, 0.3) is 0 Å². The average Bonchev–Trinajstić information content (AvgIpc) is 3.36. The molecule has 0 aliphatic carbocycles. The van der Waals surface area contributed by atoms with Crippen LogP contribution in [0, 0.1) is 0 Å². The zero-order valence-electron chi connectivity index (χ0n) is 47.8. The van der Waals surface area contributed by atoms with Crippen molar-refractivity contribution in [2.24, 2.45) is 0 Å². The van der Waals surface area contributed by atoms with Crippen LogP contribution in [0.4, 0.5) is 0 Å². The Morgan fingerprint density at radius 1 is 0.314 bits per heavy atom. The number of esters is 2. The summed E-state index contributed by atoms with van der Waals surface area (Å²) in [5.41, 5.74) is 0. The number of carbonyl (C=O) groups excluding carboxylic acids is 2. The Labute approximate surface area is 438 Å². The summed E-state index contributed by atoms with van der Waals surface area (Å²) in [6.07, 6.45) is 75.0. The quantitative estimate of drug-likeness (QED) is 0.0345. The normalized spacial score (nSPS) is 12.2. The molecule has 0 saturated carbocycles. The second kappa shape index (κ2) is 61.7. The van der Waals surface area contributed by atoms with Gasteiger partial charge in [0.2, 0.25) is 0 Å². The molecule has 0 aliphatic heterocycles. The zero-order chi connectivity index (χ0) is 50.6. The van der Waals surface area contributed by atoms with Crippen LogP contribution < -0.4 is 0 Å². The molecule has 0 bridgehead atoms. The molecule has 0 aliphatic rings. The fraction of sp³-hybridized carbons (Fsp3) is 0.908. The zero-order valence-corrected chi connectivity index (χ0v) is 47.8. The monoisotopic (exact) mass is 985 g/mol. The molecule has 0 amide bonds. The lowest BCUT2D eigenvalue weighted by Crippen LogP contribution is -2.30. The largest absolute Gasteiger partial charge is 0.462 e. The van der Waals surface area contributed by atoms with Gasteiger partial charge in [0.1, 0.15) is 6.61 Å². The van der Waals surface area contributed by atoms with Gasteiger partial charge in [-0.05, 0) is 51.4 Å². The fourth-order valence-corrected chi connectivity index (χ4v) is 9.72. The molecule has 0 fully saturated rings. The topological polar surface area (TPSA) is 61.8 Å². The second-order valence-electron chi connectivity index (χ2n) is 21.7. The van der Waals surface area contributed by atoms with Crippen molar-refractivity contribution in [1.82, 2.24) is 0 Å². The molecule has 5 nitrogen and oxygen atoms in total. The highest BCUT2D eigenvalue weighted by atomic mass is 16.6. The van der Waals surface area contributed by atoms with Crippen LogP contribution in [0.5, 0.6) is 0 Å². The maximum absolute atomic E-state index is 12.9. The van der Waals surface area contributed by atoms with Gasteiger partial charge in [0.15, 0.2) is 6.10 Å². The molecule has 1 unspecified atom stereocenters. The van der Waals surface area contributed by atoms with E-state index in [0.717, 1.165) is 44.9 Å². The maximum atomic E-state index is 12.9. The van der Waals surface area contributed by atoms with E-state index >= 15 is 0 Å². The van der Waals surface area contributed by atoms with E-state index < -0.39 is 6.10 Å². The second-order valence-corrected chi connectivity index (χ2v) is 21.7. The van der Waals surface area contributed by atoms with Gasteiger partial charge in [-0.2, -0.15) is 0 Å². The molecule has 414 valence electrons. The molecule has 0 N–H and O–H groups in total. The van der Waals surface area contributed by atoms with E-state index in [2.05, 4.69) is 45.1 Å². The summed E-state index contributed by atoms with van der Waals surface area (Å²) in [4.78, 5) is 25.6. The molecule has 0 saturated heterocycles. The molecule has 0 aromatic rings. The molecule has 1 atom stereocenters. The first-order valence-electron chi connectivity index (χ1n) is 31.9. The summed E-state index contributed by atoms with van der Waals surface area (Å²) in [7, 11) is 0. The van der Waals surface area contributed by atoms with Crippen LogP contribution >= 0.6 is 0 Å². The van der Waals surface area contributed by atoms with Gasteiger partial charge in [-0.1, -0.05) is 315 Å².